The van der Waals surface area contributed by atoms with Crippen molar-refractivity contribution in [3.05, 3.63) is 39.3 Å². The molecule has 0 radical (unpaired) electrons. The zero-order valence-electron chi connectivity index (χ0n) is 7.89. The van der Waals surface area contributed by atoms with E-state index in [2.05, 4.69) is 43.8 Å². The summed E-state index contributed by atoms with van der Waals surface area (Å²) in [5, 5.41) is 3.05. The molecule has 15 heavy (non-hydrogen) atoms. The Hall–Kier alpha value is -0.810. The van der Waals surface area contributed by atoms with Gasteiger partial charge < -0.3 is 11.1 Å². The molecule has 0 saturated carbocycles. The van der Waals surface area contributed by atoms with Crippen molar-refractivity contribution in [3.8, 4) is 0 Å². The topological polar surface area (TPSA) is 55.1 Å². The Morgan fingerprint density at radius 3 is 2.73 bits per heavy atom. The second-order valence-electron chi connectivity index (χ2n) is 2.84. The maximum Gasteiger partial charge on any atom is 0.251 e. The largest absolute Gasteiger partial charge is 0.381 e. The van der Waals surface area contributed by atoms with E-state index in [0.29, 0.717) is 22.3 Å². The summed E-state index contributed by atoms with van der Waals surface area (Å²) < 4.78 is 1.53. The van der Waals surface area contributed by atoms with E-state index < -0.39 is 5.91 Å². The number of nitrogens with one attached hydrogen (secondary N) is 1. The maximum atomic E-state index is 11.2. The van der Waals surface area contributed by atoms with Crippen LogP contribution in [0, 0.1) is 0 Å². The molecule has 5 heteroatoms. The van der Waals surface area contributed by atoms with Gasteiger partial charge in [-0.05, 0) is 28.1 Å². The second-order valence-corrected chi connectivity index (χ2v) is 4.61. The van der Waals surface area contributed by atoms with Gasteiger partial charge in [0.1, 0.15) is 0 Å². The molecule has 1 aromatic carbocycles. The highest BCUT2D eigenvalue weighted by Gasteiger charge is 2.12. The SMILES string of the molecule is C=CCNc1cc(Br)cc(Br)c1C(N)=O. The van der Waals surface area contributed by atoms with Crippen LogP contribution in [0.5, 0.6) is 0 Å². The van der Waals surface area contributed by atoms with E-state index in [4.69, 9.17) is 5.73 Å². The van der Waals surface area contributed by atoms with Crippen molar-refractivity contribution < 1.29 is 4.79 Å². The first kappa shape index (κ1) is 12.3. The highest BCUT2D eigenvalue weighted by atomic mass is 79.9. The number of rotatable bonds is 4. The third-order valence-corrected chi connectivity index (χ3v) is 2.82. The minimum Gasteiger partial charge on any atom is -0.381 e. The van der Waals surface area contributed by atoms with Gasteiger partial charge in [-0.1, -0.05) is 22.0 Å². The van der Waals surface area contributed by atoms with E-state index in [1.54, 1.807) is 18.2 Å². The zero-order valence-corrected chi connectivity index (χ0v) is 11.1. The number of hydrogen-bond acceptors (Lipinski definition) is 2. The lowest BCUT2D eigenvalue weighted by molar-refractivity contribution is 0.100. The van der Waals surface area contributed by atoms with Crippen molar-refractivity contribution in [1.29, 1.82) is 0 Å². The summed E-state index contributed by atoms with van der Waals surface area (Å²) in [6.45, 7) is 4.17. The molecule has 0 aliphatic rings. The van der Waals surface area contributed by atoms with Gasteiger partial charge in [0.25, 0.3) is 5.91 Å². The van der Waals surface area contributed by atoms with Gasteiger partial charge in [0, 0.05) is 21.2 Å². The molecule has 80 valence electrons. The smallest absolute Gasteiger partial charge is 0.251 e. The fraction of sp³-hybridized carbons (Fsp3) is 0.100. The van der Waals surface area contributed by atoms with E-state index in [1.165, 1.54) is 0 Å². The number of hydrogen-bond donors (Lipinski definition) is 2. The lowest BCUT2D eigenvalue weighted by Crippen LogP contribution is -2.15. The summed E-state index contributed by atoms with van der Waals surface area (Å²) in [6, 6.07) is 3.58. The Balaban J connectivity index is 3.20. The summed E-state index contributed by atoms with van der Waals surface area (Å²) in [6.07, 6.45) is 1.71. The number of benzene rings is 1. The molecule has 0 bridgehead atoms. The van der Waals surface area contributed by atoms with Crippen molar-refractivity contribution in [2.75, 3.05) is 11.9 Å². The molecule has 1 aromatic rings. The molecule has 0 fully saturated rings. The third-order valence-electron chi connectivity index (χ3n) is 1.74. The lowest BCUT2D eigenvalue weighted by atomic mass is 10.1. The molecule has 0 aromatic heterocycles. The molecule has 1 rings (SSSR count). The molecule has 3 N–H and O–H groups in total. The van der Waals surface area contributed by atoms with Gasteiger partial charge in [-0.15, -0.1) is 6.58 Å². The molecule has 0 heterocycles. The van der Waals surface area contributed by atoms with Crippen LogP contribution >= 0.6 is 31.9 Å². The Morgan fingerprint density at radius 1 is 1.53 bits per heavy atom. The predicted molar refractivity (Wildman–Crippen MR) is 69.0 cm³/mol. The normalized spacial score (nSPS) is 9.73. The molecular weight excluding hydrogens is 324 g/mol. The first-order chi connectivity index (χ1) is 7.06. The Labute approximate surface area is 105 Å². The van der Waals surface area contributed by atoms with Crippen molar-refractivity contribution in [3.63, 3.8) is 0 Å². The zero-order chi connectivity index (χ0) is 11.4. The first-order valence-corrected chi connectivity index (χ1v) is 5.78. The van der Waals surface area contributed by atoms with Crippen molar-refractivity contribution in [2.45, 2.75) is 0 Å². The Bertz CT molecular complexity index is 405. The van der Waals surface area contributed by atoms with Crippen molar-refractivity contribution in [2.24, 2.45) is 5.73 Å². The van der Waals surface area contributed by atoms with Gasteiger partial charge in [0.05, 0.1) is 5.56 Å². The number of anilines is 1. The van der Waals surface area contributed by atoms with Crippen molar-refractivity contribution in [1.82, 2.24) is 0 Å². The van der Waals surface area contributed by atoms with Gasteiger partial charge in [0.15, 0.2) is 0 Å². The number of carbonyl (C=O) groups excluding carboxylic acids is 1. The average molecular weight is 334 g/mol. The van der Waals surface area contributed by atoms with Crippen LogP contribution in [0.3, 0.4) is 0 Å². The molecular formula is C10H10Br2N2O. The van der Waals surface area contributed by atoms with Gasteiger partial charge in [0.2, 0.25) is 0 Å². The van der Waals surface area contributed by atoms with E-state index >= 15 is 0 Å². The number of halogens is 2. The van der Waals surface area contributed by atoms with Crippen LogP contribution < -0.4 is 11.1 Å². The number of amides is 1. The number of carbonyl (C=O) groups is 1. The third kappa shape index (κ3) is 3.07. The monoisotopic (exact) mass is 332 g/mol. The van der Waals surface area contributed by atoms with Crippen LogP contribution in [0.25, 0.3) is 0 Å². The maximum absolute atomic E-state index is 11.2. The standard InChI is InChI=1S/C10H10Br2N2O/c1-2-3-14-8-5-6(11)4-7(12)9(8)10(13)15/h2,4-5,14H,1,3H2,(H2,13,15). The van der Waals surface area contributed by atoms with Crippen LogP contribution in [0.4, 0.5) is 5.69 Å². The first-order valence-electron chi connectivity index (χ1n) is 4.20. The van der Waals surface area contributed by atoms with Gasteiger partial charge in [-0.25, -0.2) is 0 Å². The van der Waals surface area contributed by atoms with E-state index in [-0.39, 0.29) is 0 Å². The predicted octanol–water partition coefficient (Wildman–Crippen LogP) is 2.91. The van der Waals surface area contributed by atoms with Gasteiger partial charge >= 0.3 is 0 Å². The van der Waals surface area contributed by atoms with Gasteiger partial charge in [-0.3, -0.25) is 4.79 Å². The number of nitrogens with two attached hydrogens (primary N) is 1. The molecule has 3 nitrogen and oxygen atoms in total. The van der Waals surface area contributed by atoms with Crippen LogP contribution in [0.2, 0.25) is 0 Å². The molecule has 0 spiro atoms. The second kappa shape index (κ2) is 5.32. The summed E-state index contributed by atoms with van der Waals surface area (Å²) in [5.74, 6) is -0.471. The summed E-state index contributed by atoms with van der Waals surface area (Å²) in [7, 11) is 0. The molecule has 0 unspecified atom stereocenters. The van der Waals surface area contributed by atoms with Crippen LogP contribution in [-0.2, 0) is 0 Å². The fourth-order valence-corrected chi connectivity index (χ4v) is 2.57. The summed E-state index contributed by atoms with van der Waals surface area (Å²) >= 11 is 6.63. The van der Waals surface area contributed by atoms with E-state index in [1.807, 2.05) is 0 Å². The molecule has 0 aliphatic heterocycles. The summed E-state index contributed by atoms with van der Waals surface area (Å²) in [5.41, 5.74) is 6.42. The molecule has 0 atom stereocenters. The van der Waals surface area contributed by atoms with Crippen molar-refractivity contribution >= 4 is 43.5 Å². The Kier molecular flexibility index (Phi) is 4.35. The minimum absolute atomic E-state index is 0.444. The van der Waals surface area contributed by atoms with E-state index in [0.717, 1.165) is 4.47 Å². The average Bonchev–Trinajstić information content (AvgIpc) is 2.12. The van der Waals surface area contributed by atoms with E-state index in [9.17, 15) is 4.79 Å². The van der Waals surface area contributed by atoms with Crippen LogP contribution in [0.15, 0.2) is 33.7 Å². The van der Waals surface area contributed by atoms with Gasteiger partial charge in [-0.2, -0.15) is 0 Å². The molecule has 0 aliphatic carbocycles. The highest BCUT2D eigenvalue weighted by molar-refractivity contribution is 9.11. The fourth-order valence-electron chi connectivity index (χ4n) is 1.15. The Morgan fingerprint density at radius 2 is 2.20 bits per heavy atom. The molecule has 0 saturated heterocycles. The highest BCUT2D eigenvalue weighted by Crippen LogP contribution is 2.29. The minimum atomic E-state index is -0.471. The van der Waals surface area contributed by atoms with Crippen LogP contribution in [0.1, 0.15) is 10.4 Å². The lowest BCUT2D eigenvalue weighted by Gasteiger charge is -2.10. The molecule has 1 amide bonds. The number of primary amides is 1. The summed E-state index contributed by atoms with van der Waals surface area (Å²) in [4.78, 5) is 11.2. The quantitative estimate of drug-likeness (QED) is 0.832. The van der Waals surface area contributed by atoms with Crippen LogP contribution in [-0.4, -0.2) is 12.5 Å².